The number of hydrogen-bond donors (Lipinski definition) is 5. The molecule has 0 atom stereocenters. The fourth-order valence-electron chi connectivity index (χ4n) is 0.694. The van der Waals surface area contributed by atoms with Crippen molar-refractivity contribution in [2.45, 2.75) is 0 Å². The monoisotopic (exact) mass is 231 g/mol. The zero-order valence-corrected chi connectivity index (χ0v) is 8.40. The Labute approximate surface area is 77.1 Å². The summed E-state index contributed by atoms with van der Waals surface area (Å²) < 4.78 is 0. The molecule has 13 heavy (non-hydrogen) atoms. The van der Waals surface area contributed by atoms with E-state index < -0.39 is 29.3 Å². The summed E-state index contributed by atoms with van der Waals surface area (Å²) >= 11 is 0. The highest BCUT2D eigenvalue weighted by Gasteiger charge is 2.16. The standard InChI is InChI=1S/C4H11NO6P2/c6-4(7)1-5(2-12(8)9)3-13(10)11/h8-11H,1-3H2,(H,6,7). The molecule has 0 saturated carbocycles. The zero-order chi connectivity index (χ0) is 10.4. The number of nitrogens with zero attached hydrogens (tertiary/aromatic N) is 1. The highest BCUT2D eigenvalue weighted by atomic mass is 31.2. The second-order valence-electron chi connectivity index (χ2n) is 2.25. The van der Waals surface area contributed by atoms with E-state index in [1.807, 2.05) is 0 Å². The second kappa shape index (κ2) is 6.56. The lowest BCUT2D eigenvalue weighted by molar-refractivity contribution is -0.137. The van der Waals surface area contributed by atoms with Crippen LogP contribution >= 0.6 is 16.8 Å². The lowest BCUT2D eigenvalue weighted by Gasteiger charge is -2.20. The molecule has 0 aromatic heterocycles. The molecule has 0 aliphatic heterocycles. The Hall–Kier alpha value is 0.130. The summed E-state index contributed by atoms with van der Waals surface area (Å²) in [5.74, 6) is -1.16. The van der Waals surface area contributed by atoms with Crippen molar-refractivity contribution in [2.24, 2.45) is 0 Å². The molecule has 0 aromatic rings. The predicted molar refractivity (Wildman–Crippen MR) is 46.8 cm³/mol. The number of hydrogen-bond acceptors (Lipinski definition) is 6. The Morgan fingerprint density at radius 3 is 1.69 bits per heavy atom. The third kappa shape index (κ3) is 8.46. The first-order chi connectivity index (χ1) is 5.91. The molecule has 0 spiro atoms. The van der Waals surface area contributed by atoms with Crippen molar-refractivity contribution in [1.29, 1.82) is 0 Å². The maximum Gasteiger partial charge on any atom is 0.317 e. The molecule has 78 valence electrons. The highest BCUT2D eigenvalue weighted by molar-refractivity contribution is 7.46. The molecule has 0 heterocycles. The summed E-state index contributed by atoms with van der Waals surface area (Å²) in [5.41, 5.74) is 0. The predicted octanol–water partition coefficient (Wildman–Crippen LogP) is -1.12. The van der Waals surface area contributed by atoms with Gasteiger partial charge in [0.25, 0.3) is 0 Å². The van der Waals surface area contributed by atoms with Crippen LogP contribution in [0, 0.1) is 0 Å². The summed E-state index contributed by atoms with van der Waals surface area (Å²) in [6, 6.07) is 0. The van der Waals surface area contributed by atoms with E-state index in [0.717, 1.165) is 4.90 Å². The molecule has 0 bridgehead atoms. The minimum absolute atomic E-state index is 0.262. The summed E-state index contributed by atoms with van der Waals surface area (Å²) in [6.45, 7) is -0.445. The first kappa shape index (κ1) is 13.1. The Morgan fingerprint density at radius 1 is 1.08 bits per heavy atom. The van der Waals surface area contributed by atoms with Crippen LogP contribution in [0.5, 0.6) is 0 Å². The van der Waals surface area contributed by atoms with Crippen LogP contribution in [0.15, 0.2) is 0 Å². The van der Waals surface area contributed by atoms with Gasteiger partial charge in [-0.3, -0.25) is 9.69 Å². The fourth-order valence-corrected chi connectivity index (χ4v) is 1.97. The number of carbonyl (C=O) groups is 1. The lowest BCUT2D eigenvalue weighted by atomic mass is 10.6. The normalized spacial score (nSPS) is 11.6. The number of rotatable bonds is 6. The molecule has 0 fully saturated rings. The van der Waals surface area contributed by atoms with E-state index in [9.17, 15) is 4.79 Å². The summed E-state index contributed by atoms with van der Waals surface area (Å²) in [6.07, 6.45) is -0.525. The summed E-state index contributed by atoms with van der Waals surface area (Å²) in [5, 5.41) is 8.36. The third-order valence-electron chi connectivity index (χ3n) is 1.01. The molecular weight excluding hydrogens is 220 g/mol. The van der Waals surface area contributed by atoms with Crippen LogP contribution in [0.1, 0.15) is 0 Å². The topological polar surface area (TPSA) is 121 Å². The molecule has 0 aliphatic rings. The SMILES string of the molecule is O=C(O)CN(CP(O)O)CP(O)O. The van der Waals surface area contributed by atoms with Gasteiger partial charge in [-0.2, -0.15) is 0 Å². The second-order valence-corrected chi connectivity index (χ2v) is 4.30. The summed E-state index contributed by atoms with van der Waals surface area (Å²) in [7, 11) is -4.50. The van der Waals surface area contributed by atoms with Crippen molar-refractivity contribution in [3.8, 4) is 0 Å². The minimum Gasteiger partial charge on any atom is -0.480 e. The van der Waals surface area contributed by atoms with E-state index in [1.165, 1.54) is 0 Å². The van der Waals surface area contributed by atoms with Crippen molar-refractivity contribution in [2.75, 3.05) is 19.1 Å². The average Bonchev–Trinajstić information content (AvgIpc) is 1.80. The van der Waals surface area contributed by atoms with Gasteiger partial charge in [0.1, 0.15) is 0 Å². The van der Waals surface area contributed by atoms with Crippen LogP contribution in [0.2, 0.25) is 0 Å². The van der Waals surface area contributed by atoms with Gasteiger partial charge in [-0.1, -0.05) is 0 Å². The maximum absolute atomic E-state index is 10.2. The fraction of sp³-hybridized carbons (Fsp3) is 0.750. The Morgan fingerprint density at radius 2 is 1.46 bits per heavy atom. The Kier molecular flexibility index (Phi) is 6.63. The molecule has 0 saturated heterocycles. The first-order valence-electron chi connectivity index (χ1n) is 3.16. The van der Waals surface area contributed by atoms with Crippen LogP contribution < -0.4 is 0 Å². The van der Waals surface area contributed by atoms with E-state index >= 15 is 0 Å². The van der Waals surface area contributed by atoms with Gasteiger partial charge in [0.05, 0.1) is 19.1 Å². The lowest BCUT2D eigenvalue weighted by Crippen LogP contribution is -2.30. The summed E-state index contributed by atoms with van der Waals surface area (Å²) in [4.78, 5) is 45.6. The molecule has 0 aromatic carbocycles. The molecule has 0 aliphatic carbocycles. The van der Waals surface area contributed by atoms with Crippen molar-refractivity contribution in [3.63, 3.8) is 0 Å². The molecule has 5 N–H and O–H groups in total. The molecule has 0 unspecified atom stereocenters. The number of aliphatic carboxylic acids is 1. The molecule has 9 heteroatoms. The van der Waals surface area contributed by atoms with E-state index in [-0.39, 0.29) is 12.6 Å². The van der Waals surface area contributed by atoms with Gasteiger partial charge in [-0.15, -0.1) is 0 Å². The van der Waals surface area contributed by atoms with Gasteiger partial charge < -0.3 is 24.7 Å². The van der Waals surface area contributed by atoms with Crippen molar-refractivity contribution in [3.05, 3.63) is 0 Å². The van der Waals surface area contributed by atoms with E-state index in [1.54, 1.807) is 0 Å². The van der Waals surface area contributed by atoms with Crippen molar-refractivity contribution in [1.82, 2.24) is 4.90 Å². The largest absolute Gasteiger partial charge is 0.480 e. The average molecular weight is 231 g/mol. The van der Waals surface area contributed by atoms with Crippen LogP contribution in [0.3, 0.4) is 0 Å². The first-order valence-corrected chi connectivity index (χ1v) is 6.03. The van der Waals surface area contributed by atoms with Gasteiger partial charge in [-0.05, 0) is 0 Å². The van der Waals surface area contributed by atoms with Crippen LogP contribution in [0.25, 0.3) is 0 Å². The molecule has 0 amide bonds. The van der Waals surface area contributed by atoms with Crippen molar-refractivity contribution < 1.29 is 29.5 Å². The third-order valence-corrected chi connectivity index (χ3v) is 2.32. The smallest absolute Gasteiger partial charge is 0.317 e. The molecule has 0 radical (unpaired) electrons. The maximum atomic E-state index is 10.2. The van der Waals surface area contributed by atoms with Gasteiger partial charge in [0.2, 0.25) is 0 Å². The Balaban J connectivity index is 3.95. The highest BCUT2D eigenvalue weighted by Crippen LogP contribution is 2.29. The van der Waals surface area contributed by atoms with Crippen LogP contribution in [0.4, 0.5) is 0 Å². The molecular formula is C4H11NO6P2. The number of carboxylic acids is 1. The Bertz CT molecular complexity index is 155. The van der Waals surface area contributed by atoms with Crippen molar-refractivity contribution >= 4 is 22.7 Å². The minimum atomic E-state index is -2.25. The zero-order valence-electron chi connectivity index (χ0n) is 6.61. The van der Waals surface area contributed by atoms with E-state index in [2.05, 4.69) is 0 Å². The van der Waals surface area contributed by atoms with Gasteiger partial charge in [-0.25, -0.2) is 0 Å². The number of carboxylic acid groups (broad SMARTS) is 1. The molecule has 7 nitrogen and oxygen atoms in total. The van der Waals surface area contributed by atoms with Crippen LogP contribution in [-0.2, 0) is 4.79 Å². The van der Waals surface area contributed by atoms with E-state index in [4.69, 9.17) is 24.7 Å². The quantitative estimate of drug-likeness (QED) is 0.367. The van der Waals surface area contributed by atoms with Gasteiger partial charge >= 0.3 is 5.97 Å². The van der Waals surface area contributed by atoms with E-state index in [0.29, 0.717) is 0 Å². The van der Waals surface area contributed by atoms with Gasteiger partial charge in [0, 0.05) is 0 Å². The molecule has 0 rings (SSSR count). The van der Waals surface area contributed by atoms with Crippen LogP contribution in [-0.4, -0.2) is 54.7 Å². The van der Waals surface area contributed by atoms with Gasteiger partial charge in [0.15, 0.2) is 16.8 Å².